The van der Waals surface area contributed by atoms with E-state index in [2.05, 4.69) is 9.72 Å². The van der Waals surface area contributed by atoms with E-state index >= 15 is 0 Å². The van der Waals surface area contributed by atoms with Gasteiger partial charge in [-0.05, 0) is 62.8 Å². The van der Waals surface area contributed by atoms with Gasteiger partial charge in [-0.25, -0.2) is 13.4 Å². The molecule has 0 N–H and O–H groups in total. The summed E-state index contributed by atoms with van der Waals surface area (Å²) >= 11 is 0. The lowest BCUT2D eigenvalue weighted by atomic mass is 9.93. The lowest BCUT2D eigenvalue weighted by Gasteiger charge is -2.36. The van der Waals surface area contributed by atoms with Gasteiger partial charge in [0.15, 0.2) is 4.90 Å². The van der Waals surface area contributed by atoms with Crippen LogP contribution in [0.4, 0.5) is 18.9 Å². The summed E-state index contributed by atoms with van der Waals surface area (Å²) in [6.07, 6.45) is 2.38. The predicted octanol–water partition coefficient (Wildman–Crippen LogP) is 5.76. The maximum atomic E-state index is 14.0. The highest BCUT2D eigenvalue weighted by Gasteiger charge is 2.39. The molecule has 1 saturated carbocycles. The number of esters is 1. The minimum Gasteiger partial charge on any atom is -0.486 e. The predicted molar refractivity (Wildman–Crippen MR) is 138 cm³/mol. The number of benzene rings is 1. The number of carbonyl (C=O) groups excluding carboxylic acids is 1. The number of methoxy groups -OCH3 is 1. The number of carbonyl (C=O) groups is 1. The molecule has 2 aliphatic rings. The highest BCUT2D eigenvalue weighted by Crippen LogP contribution is 2.41. The summed E-state index contributed by atoms with van der Waals surface area (Å²) in [5, 5.41) is 0. The maximum absolute atomic E-state index is 14.0. The number of pyridine rings is 1. The Hall–Kier alpha value is -3.28. The normalized spacial score (nSPS) is 17.7. The number of halogens is 3. The number of hydrogen-bond acceptors (Lipinski definition) is 7. The first-order valence-corrected chi connectivity index (χ1v) is 14.3. The number of fused-ring (bicyclic) bond motifs is 1. The van der Waals surface area contributed by atoms with E-state index in [9.17, 15) is 26.4 Å². The molecule has 1 atom stereocenters. The number of sulfonamides is 1. The molecule has 1 aliphatic heterocycles. The minimum absolute atomic E-state index is 0.0000562. The zero-order chi connectivity index (χ0) is 28.2. The van der Waals surface area contributed by atoms with Crippen molar-refractivity contribution in [3.05, 3.63) is 47.2 Å². The van der Waals surface area contributed by atoms with Crippen LogP contribution in [0.5, 0.6) is 11.6 Å². The quantitative estimate of drug-likeness (QED) is 0.374. The van der Waals surface area contributed by atoms with Crippen molar-refractivity contribution in [1.82, 2.24) is 4.98 Å². The van der Waals surface area contributed by atoms with Crippen LogP contribution in [0.15, 0.2) is 40.9 Å². The molecule has 2 aromatic rings. The fraction of sp³-hybridized carbons (Fsp3) is 0.481. The Kier molecular flexibility index (Phi) is 8.73. The number of hydrogen-bond donors (Lipinski definition) is 0. The van der Waals surface area contributed by atoms with Gasteiger partial charge in [0.2, 0.25) is 5.88 Å². The average molecular weight is 569 g/mol. The van der Waals surface area contributed by atoms with Crippen molar-refractivity contribution in [1.29, 1.82) is 0 Å². The molecule has 0 unspecified atom stereocenters. The average Bonchev–Trinajstić information content (AvgIpc) is 2.91. The SMILES string of the molecule is CCOc1ncc(C(F)(F)F)cc1S(=O)(=O)N1C[C@H](CCC(=O)OC)Oc2ccc(C=C3CCCCC3)cc21. The van der Waals surface area contributed by atoms with Crippen LogP contribution in [-0.2, 0) is 25.7 Å². The van der Waals surface area contributed by atoms with Gasteiger partial charge in [0, 0.05) is 12.6 Å². The fourth-order valence-electron chi connectivity index (χ4n) is 4.70. The van der Waals surface area contributed by atoms with Crippen LogP contribution >= 0.6 is 0 Å². The number of alkyl halides is 3. The second-order valence-corrected chi connectivity index (χ2v) is 11.3. The lowest BCUT2D eigenvalue weighted by molar-refractivity contribution is -0.141. The first-order chi connectivity index (χ1) is 18.5. The second kappa shape index (κ2) is 11.8. The molecule has 0 saturated heterocycles. The standard InChI is InChI=1S/C27H31F3N2O6S/c1-3-37-26-24(15-20(16-31-26)27(28,29)30)39(34,35)32-17-21(10-12-25(33)36-2)38-23-11-9-19(14-22(23)32)13-18-7-5-4-6-8-18/h9,11,13-16,21H,3-8,10,12,17H2,1-2H3/t21-/m0/s1. The van der Waals surface area contributed by atoms with Crippen molar-refractivity contribution >= 4 is 27.8 Å². The van der Waals surface area contributed by atoms with Crippen molar-refractivity contribution in [2.24, 2.45) is 0 Å². The van der Waals surface area contributed by atoms with Crippen LogP contribution in [0.3, 0.4) is 0 Å². The molecular weight excluding hydrogens is 537 g/mol. The molecule has 212 valence electrons. The van der Waals surface area contributed by atoms with E-state index in [4.69, 9.17) is 9.47 Å². The largest absolute Gasteiger partial charge is 0.486 e. The first kappa shape index (κ1) is 28.7. The second-order valence-electron chi connectivity index (χ2n) is 9.44. The lowest BCUT2D eigenvalue weighted by Crippen LogP contribution is -2.44. The van der Waals surface area contributed by atoms with Gasteiger partial charge in [-0.1, -0.05) is 24.1 Å². The van der Waals surface area contributed by atoms with Crippen molar-refractivity contribution in [2.75, 3.05) is 24.6 Å². The molecule has 1 aromatic carbocycles. The van der Waals surface area contributed by atoms with Crippen LogP contribution < -0.4 is 13.8 Å². The Morgan fingerprint density at radius 2 is 1.95 bits per heavy atom. The van der Waals surface area contributed by atoms with E-state index in [0.717, 1.165) is 35.6 Å². The van der Waals surface area contributed by atoms with Crippen LogP contribution in [-0.4, -0.2) is 45.7 Å². The molecule has 4 rings (SSSR count). The number of ether oxygens (including phenoxy) is 3. The Bertz CT molecular complexity index is 1340. The molecule has 1 aliphatic carbocycles. The van der Waals surface area contributed by atoms with E-state index in [1.165, 1.54) is 19.1 Å². The van der Waals surface area contributed by atoms with E-state index in [0.29, 0.717) is 12.3 Å². The van der Waals surface area contributed by atoms with Gasteiger partial charge in [0.25, 0.3) is 10.0 Å². The van der Waals surface area contributed by atoms with Crippen molar-refractivity contribution in [2.45, 2.75) is 69.0 Å². The number of aromatic nitrogens is 1. The maximum Gasteiger partial charge on any atom is 0.417 e. The number of allylic oxidation sites excluding steroid dienone is 1. The molecule has 1 fully saturated rings. The molecule has 2 heterocycles. The third-order valence-corrected chi connectivity index (χ3v) is 8.45. The van der Waals surface area contributed by atoms with Gasteiger partial charge in [0.1, 0.15) is 11.9 Å². The highest BCUT2D eigenvalue weighted by molar-refractivity contribution is 7.93. The summed E-state index contributed by atoms with van der Waals surface area (Å²) < 4.78 is 85.8. The van der Waals surface area contributed by atoms with Crippen molar-refractivity contribution < 1.29 is 40.6 Å². The number of nitrogens with zero attached hydrogens (tertiary/aromatic N) is 2. The van der Waals surface area contributed by atoms with E-state index in [1.54, 1.807) is 19.1 Å². The molecule has 0 bridgehead atoms. The number of anilines is 1. The molecular formula is C27H31F3N2O6S. The minimum atomic E-state index is -4.81. The molecule has 0 amide bonds. The summed E-state index contributed by atoms with van der Waals surface area (Å²) in [6, 6.07) is 5.66. The van der Waals surface area contributed by atoms with Gasteiger partial charge in [-0.15, -0.1) is 0 Å². The highest BCUT2D eigenvalue weighted by atomic mass is 32.2. The van der Waals surface area contributed by atoms with Crippen molar-refractivity contribution in [3.8, 4) is 11.6 Å². The molecule has 8 nitrogen and oxygen atoms in total. The van der Waals surface area contributed by atoms with Gasteiger partial charge >= 0.3 is 12.1 Å². The Morgan fingerprint density at radius 3 is 2.62 bits per heavy atom. The first-order valence-electron chi connectivity index (χ1n) is 12.8. The summed E-state index contributed by atoms with van der Waals surface area (Å²) in [7, 11) is -3.36. The third-order valence-electron chi connectivity index (χ3n) is 6.67. The van der Waals surface area contributed by atoms with Gasteiger partial charge in [0.05, 0.1) is 31.5 Å². The zero-order valence-corrected chi connectivity index (χ0v) is 22.6. The molecule has 12 heteroatoms. The van der Waals surface area contributed by atoms with Gasteiger partial charge < -0.3 is 14.2 Å². The monoisotopic (exact) mass is 568 g/mol. The van der Waals surface area contributed by atoms with E-state index < -0.39 is 44.6 Å². The Labute approximate surface area is 225 Å². The summed E-state index contributed by atoms with van der Waals surface area (Å²) in [5.74, 6) is -0.678. The van der Waals surface area contributed by atoms with Gasteiger partial charge in [-0.2, -0.15) is 13.2 Å². The zero-order valence-electron chi connectivity index (χ0n) is 21.8. The summed E-state index contributed by atoms with van der Waals surface area (Å²) in [6.45, 7) is 1.35. The van der Waals surface area contributed by atoms with E-state index in [-0.39, 0.29) is 37.4 Å². The smallest absolute Gasteiger partial charge is 0.417 e. The summed E-state index contributed by atoms with van der Waals surface area (Å²) in [4.78, 5) is 14.7. The topological polar surface area (TPSA) is 95.0 Å². The summed E-state index contributed by atoms with van der Waals surface area (Å²) in [5.41, 5.74) is 0.990. The van der Waals surface area contributed by atoms with Crippen LogP contribution in [0.1, 0.15) is 63.0 Å². The van der Waals surface area contributed by atoms with Crippen LogP contribution in [0, 0.1) is 0 Å². The van der Waals surface area contributed by atoms with Crippen LogP contribution in [0.25, 0.3) is 6.08 Å². The molecule has 0 spiro atoms. The third kappa shape index (κ3) is 6.66. The van der Waals surface area contributed by atoms with Crippen molar-refractivity contribution in [3.63, 3.8) is 0 Å². The fourth-order valence-corrected chi connectivity index (χ4v) is 6.31. The number of rotatable bonds is 8. The van der Waals surface area contributed by atoms with Gasteiger partial charge in [-0.3, -0.25) is 9.10 Å². The molecule has 0 radical (unpaired) electrons. The van der Waals surface area contributed by atoms with Crippen LogP contribution in [0.2, 0.25) is 0 Å². The molecule has 1 aromatic heterocycles. The van der Waals surface area contributed by atoms with E-state index in [1.807, 2.05) is 12.1 Å². The Balaban J connectivity index is 1.80. The molecule has 39 heavy (non-hydrogen) atoms. The Morgan fingerprint density at radius 1 is 1.21 bits per heavy atom.